The number of amides is 1. The van der Waals surface area contributed by atoms with E-state index in [9.17, 15) is 4.79 Å². The first-order valence-electron chi connectivity index (χ1n) is 7.05. The Labute approximate surface area is 114 Å². The maximum atomic E-state index is 12.2. The summed E-state index contributed by atoms with van der Waals surface area (Å²) in [6, 6.07) is 8.77. The van der Waals surface area contributed by atoms with Crippen molar-refractivity contribution < 1.29 is 4.79 Å². The van der Waals surface area contributed by atoms with Crippen LogP contribution in [0, 0.1) is 0 Å². The molecule has 1 saturated heterocycles. The first-order valence-corrected chi connectivity index (χ1v) is 7.05. The average Bonchev–Trinajstić information content (AvgIpc) is 3.14. The number of carbonyl (C=O) groups excluding carboxylic acids is 1. The number of anilines is 1. The second-order valence-corrected chi connectivity index (χ2v) is 5.81. The van der Waals surface area contributed by atoms with Crippen LogP contribution < -0.4 is 11.1 Å². The number of nitrogen functional groups attached to an aromatic ring is 1. The van der Waals surface area contributed by atoms with Gasteiger partial charge < -0.3 is 11.1 Å². The molecule has 1 aromatic carbocycles. The van der Waals surface area contributed by atoms with Crippen LogP contribution in [0.25, 0.3) is 0 Å². The SMILES string of the molecule is CC1CC(NC(=O)c2cccc(N)c2)CN1C1CC1. The van der Waals surface area contributed by atoms with E-state index in [1.807, 2.05) is 12.1 Å². The number of benzene rings is 1. The number of carbonyl (C=O) groups is 1. The largest absolute Gasteiger partial charge is 0.399 e. The zero-order chi connectivity index (χ0) is 13.4. The van der Waals surface area contributed by atoms with Crippen molar-refractivity contribution in [3.05, 3.63) is 29.8 Å². The molecule has 2 unspecified atom stereocenters. The molecule has 1 aliphatic heterocycles. The molecule has 2 atom stereocenters. The monoisotopic (exact) mass is 259 g/mol. The predicted octanol–water partition coefficient (Wildman–Crippen LogP) is 1.62. The van der Waals surface area contributed by atoms with Gasteiger partial charge in [0, 0.05) is 35.9 Å². The minimum atomic E-state index is -0.0119. The highest BCUT2D eigenvalue weighted by atomic mass is 16.1. The Bertz CT molecular complexity index is 484. The van der Waals surface area contributed by atoms with Crippen LogP contribution in [-0.2, 0) is 0 Å². The highest BCUT2D eigenvalue weighted by molar-refractivity contribution is 5.95. The van der Waals surface area contributed by atoms with E-state index in [1.165, 1.54) is 12.8 Å². The summed E-state index contributed by atoms with van der Waals surface area (Å²) in [5.41, 5.74) is 6.99. The molecule has 19 heavy (non-hydrogen) atoms. The lowest BCUT2D eigenvalue weighted by Gasteiger charge is -2.19. The van der Waals surface area contributed by atoms with Gasteiger partial charge in [-0.2, -0.15) is 0 Å². The summed E-state index contributed by atoms with van der Waals surface area (Å²) in [7, 11) is 0. The molecule has 3 rings (SSSR count). The molecule has 1 aromatic rings. The number of hydrogen-bond donors (Lipinski definition) is 2. The minimum Gasteiger partial charge on any atom is -0.399 e. The van der Waals surface area contributed by atoms with Crippen LogP contribution in [-0.4, -0.2) is 35.5 Å². The predicted molar refractivity (Wildman–Crippen MR) is 75.9 cm³/mol. The molecule has 3 N–H and O–H groups in total. The molecular weight excluding hydrogens is 238 g/mol. The second kappa shape index (κ2) is 4.85. The third kappa shape index (κ3) is 2.73. The Morgan fingerprint density at radius 3 is 2.89 bits per heavy atom. The van der Waals surface area contributed by atoms with Crippen molar-refractivity contribution in [2.75, 3.05) is 12.3 Å². The zero-order valence-electron chi connectivity index (χ0n) is 11.3. The van der Waals surface area contributed by atoms with Crippen LogP contribution in [0.4, 0.5) is 5.69 Å². The molecular formula is C15H21N3O. The van der Waals surface area contributed by atoms with Gasteiger partial charge in [-0.3, -0.25) is 9.69 Å². The third-order valence-electron chi connectivity index (χ3n) is 4.12. The second-order valence-electron chi connectivity index (χ2n) is 5.81. The third-order valence-corrected chi connectivity index (χ3v) is 4.12. The quantitative estimate of drug-likeness (QED) is 0.811. The van der Waals surface area contributed by atoms with Gasteiger partial charge >= 0.3 is 0 Å². The molecule has 1 amide bonds. The van der Waals surface area contributed by atoms with Gasteiger partial charge in [-0.05, 0) is 44.4 Å². The standard InChI is InChI=1S/C15H21N3O/c1-10-7-13(9-18(10)14-5-6-14)17-15(19)11-3-2-4-12(16)8-11/h2-4,8,10,13-14H,5-7,9,16H2,1H3,(H,17,19). The average molecular weight is 259 g/mol. The number of nitrogens with zero attached hydrogens (tertiary/aromatic N) is 1. The van der Waals surface area contributed by atoms with Gasteiger partial charge in [0.1, 0.15) is 0 Å². The van der Waals surface area contributed by atoms with Gasteiger partial charge in [0.2, 0.25) is 0 Å². The van der Waals surface area contributed by atoms with Gasteiger partial charge in [0.25, 0.3) is 5.91 Å². The van der Waals surface area contributed by atoms with Crippen molar-refractivity contribution in [2.24, 2.45) is 0 Å². The van der Waals surface area contributed by atoms with Crippen molar-refractivity contribution in [2.45, 2.75) is 44.3 Å². The lowest BCUT2D eigenvalue weighted by Crippen LogP contribution is -2.37. The number of likely N-dealkylation sites (tertiary alicyclic amines) is 1. The Morgan fingerprint density at radius 2 is 2.21 bits per heavy atom. The maximum absolute atomic E-state index is 12.2. The van der Waals surface area contributed by atoms with Crippen molar-refractivity contribution in [3.63, 3.8) is 0 Å². The Morgan fingerprint density at radius 1 is 1.42 bits per heavy atom. The smallest absolute Gasteiger partial charge is 0.251 e. The molecule has 0 radical (unpaired) electrons. The molecule has 2 fully saturated rings. The minimum absolute atomic E-state index is 0.0119. The van der Waals surface area contributed by atoms with Gasteiger partial charge in [0.15, 0.2) is 0 Å². The Kier molecular flexibility index (Phi) is 3.19. The molecule has 102 valence electrons. The van der Waals surface area contributed by atoms with E-state index in [-0.39, 0.29) is 11.9 Å². The lowest BCUT2D eigenvalue weighted by molar-refractivity contribution is 0.0937. The molecule has 2 aliphatic rings. The summed E-state index contributed by atoms with van der Waals surface area (Å²) < 4.78 is 0. The molecule has 0 aromatic heterocycles. The summed E-state index contributed by atoms with van der Waals surface area (Å²) >= 11 is 0. The lowest BCUT2D eigenvalue weighted by atomic mass is 10.1. The molecule has 1 aliphatic carbocycles. The van der Waals surface area contributed by atoms with Crippen LogP contribution in [0.3, 0.4) is 0 Å². The number of hydrogen-bond acceptors (Lipinski definition) is 3. The first-order chi connectivity index (χ1) is 9.13. The van der Waals surface area contributed by atoms with Crippen molar-refractivity contribution >= 4 is 11.6 Å². The summed E-state index contributed by atoms with van der Waals surface area (Å²) in [6.45, 7) is 3.24. The van der Waals surface area contributed by atoms with E-state index in [0.29, 0.717) is 17.3 Å². The fourth-order valence-corrected chi connectivity index (χ4v) is 3.02. The zero-order valence-corrected chi connectivity index (χ0v) is 11.3. The van der Waals surface area contributed by atoms with Crippen molar-refractivity contribution in [3.8, 4) is 0 Å². The normalized spacial score (nSPS) is 27.4. The van der Waals surface area contributed by atoms with Crippen LogP contribution >= 0.6 is 0 Å². The Balaban J connectivity index is 1.61. The summed E-state index contributed by atoms with van der Waals surface area (Å²) in [5, 5.41) is 3.13. The van der Waals surface area contributed by atoms with Crippen molar-refractivity contribution in [1.82, 2.24) is 10.2 Å². The molecule has 4 heteroatoms. The summed E-state index contributed by atoms with van der Waals surface area (Å²) in [4.78, 5) is 14.7. The number of rotatable bonds is 3. The van der Waals surface area contributed by atoms with Gasteiger partial charge in [-0.1, -0.05) is 6.07 Å². The van der Waals surface area contributed by atoms with Crippen molar-refractivity contribution in [1.29, 1.82) is 0 Å². The van der Waals surface area contributed by atoms with E-state index in [1.54, 1.807) is 12.1 Å². The van der Waals surface area contributed by atoms with E-state index in [2.05, 4.69) is 17.1 Å². The van der Waals surface area contributed by atoms with Crippen LogP contribution in [0.15, 0.2) is 24.3 Å². The molecule has 0 spiro atoms. The van der Waals surface area contributed by atoms with Crippen LogP contribution in [0.1, 0.15) is 36.5 Å². The molecule has 0 bridgehead atoms. The topological polar surface area (TPSA) is 58.4 Å². The number of nitrogens with one attached hydrogen (secondary N) is 1. The van der Waals surface area contributed by atoms with Gasteiger partial charge in [-0.25, -0.2) is 0 Å². The van der Waals surface area contributed by atoms with E-state index in [0.717, 1.165) is 19.0 Å². The van der Waals surface area contributed by atoms with E-state index in [4.69, 9.17) is 5.73 Å². The van der Waals surface area contributed by atoms with Crippen LogP contribution in [0.2, 0.25) is 0 Å². The highest BCUT2D eigenvalue weighted by Crippen LogP contribution is 2.33. The summed E-state index contributed by atoms with van der Waals surface area (Å²) in [6.07, 6.45) is 3.69. The first kappa shape index (κ1) is 12.5. The number of nitrogens with two attached hydrogens (primary N) is 1. The molecule has 1 saturated carbocycles. The fraction of sp³-hybridized carbons (Fsp3) is 0.533. The fourth-order valence-electron chi connectivity index (χ4n) is 3.02. The highest BCUT2D eigenvalue weighted by Gasteiger charge is 2.39. The molecule has 4 nitrogen and oxygen atoms in total. The van der Waals surface area contributed by atoms with Gasteiger partial charge in [-0.15, -0.1) is 0 Å². The van der Waals surface area contributed by atoms with E-state index < -0.39 is 0 Å². The van der Waals surface area contributed by atoms with E-state index >= 15 is 0 Å². The van der Waals surface area contributed by atoms with Gasteiger partial charge in [0.05, 0.1) is 0 Å². The maximum Gasteiger partial charge on any atom is 0.251 e. The Hall–Kier alpha value is -1.55. The summed E-state index contributed by atoms with van der Waals surface area (Å²) in [5.74, 6) is -0.0119. The molecule has 1 heterocycles. The van der Waals surface area contributed by atoms with Crippen LogP contribution in [0.5, 0.6) is 0 Å².